The van der Waals surface area contributed by atoms with Gasteiger partial charge in [-0.15, -0.1) is 0 Å². The molecule has 2 rings (SSSR count). The van der Waals surface area contributed by atoms with Gasteiger partial charge in [-0.3, -0.25) is 0 Å². The number of pyridine rings is 1. The Labute approximate surface area is 127 Å². The molecule has 108 valence electrons. The molecule has 0 spiro atoms. The smallest absolute Gasteiger partial charge is 0.140 e. The Kier molecular flexibility index (Phi) is 5.97. The van der Waals surface area contributed by atoms with Crippen molar-refractivity contribution in [1.82, 2.24) is 4.98 Å². The SMILES string of the molecule is CCCCCCCc1ccc(-c2ccc(C#N)nc2)cc1. The molecule has 0 saturated heterocycles. The van der Waals surface area contributed by atoms with Crippen LogP contribution in [0.25, 0.3) is 11.1 Å². The molecule has 1 aromatic carbocycles. The second-order valence-electron chi connectivity index (χ2n) is 5.41. The van der Waals surface area contributed by atoms with Gasteiger partial charge in [0.15, 0.2) is 0 Å². The van der Waals surface area contributed by atoms with E-state index in [9.17, 15) is 0 Å². The molecule has 1 heterocycles. The van der Waals surface area contributed by atoms with Crippen molar-refractivity contribution in [3.63, 3.8) is 0 Å². The molecular weight excluding hydrogens is 256 g/mol. The highest BCUT2D eigenvalue weighted by molar-refractivity contribution is 5.63. The van der Waals surface area contributed by atoms with E-state index in [-0.39, 0.29) is 0 Å². The minimum atomic E-state index is 0.461. The summed E-state index contributed by atoms with van der Waals surface area (Å²) < 4.78 is 0. The molecule has 0 saturated carbocycles. The van der Waals surface area contributed by atoms with E-state index in [2.05, 4.69) is 36.2 Å². The summed E-state index contributed by atoms with van der Waals surface area (Å²) in [6, 6.07) is 14.4. The molecule has 2 aromatic rings. The molecule has 0 atom stereocenters. The number of unbranched alkanes of at least 4 members (excludes halogenated alkanes) is 4. The second-order valence-corrected chi connectivity index (χ2v) is 5.41. The van der Waals surface area contributed by atoms with Gasteiger partial charge in [0.2, 0.25) is 0 Å². The van der Waals surface area contributed by atoms with Crippen LogP contribution in [0.5, 0.6) is 0 Å². The van der Waals surface area contributed by atoms with E-state index in [0.717, 1.165) is 17.5 Å². The minimum absolute atomic E-state index is 0.461. The van der Waals surface area contributed by atoms with Gasteiger partial charge < -0.3 is 0 Å². The van der Waals surface area contributed by atoms with Gasteiger partial charge in [0.25, 0.3) is 0 Å². The van der Waals surface area contributed by atoms with Crippen LogP contribution < -0.4 is 0 Å². The number of nitriles is 1. The Morgan fingerprint density at radius 1 is 0.905 bits per heavy atom. The van der Waals surface area contributed by atoms with Crippen molar-refractivity contribution in [3.8, 4) is 17.2 Å². The summed E-state index contributed by atoms with van der Waals surface area (Å²) in [5.41, 5.74) is 4.07. The van der Waals surface area contributed by atoms with E-state index in [4.69, 9.17) is 5.26 Å². The molecule has 1 aromatic heterocycles. The van der Waals surface area contributed by atoms with Gasteiger partial charge in [0.05, 0.1) is 0 Å². The summed E-state index contributed by atoms with van der Waals surface area (Å²) in [5.74, 6) is 0. The molecule has 0 aliphatic carbocycles. The van der Waals surface area contributed by atoms with Crippen molar-refractivity contribution in [2.75, 3.05) is 0 Å². The summed E-state index contributed by atoms with van der Waals surface area (Å²) in [5, 5.41) is 8.76. The fourth-order valence-electron chi connectivity index (χ4n) is 2.43. The van der Waals surface area contributed by atoms with Gasteiger partial charge in [0.1, 0.15) is 11.8 Å². The molecule has 0 aliphatic heterocycles. The Hall–Kier alpha value is -2.14. The molecule has 2 heteroatoms. The van der Waals surface area contributed by atoms with Gasteiger partial charge in [-0.25, -0.2) is 4.98 Å². The number of hydrogen-bond donors (Lipinski definition) is 0. The van der Waals surface area contributed by atoms with Gasteiger partial charge in [-0.05, 0) is 36.1 Å². The van der Waals surface area contributed by atoms with Crippen LogP contribution in [0.4, 0.5) is 0 Å². The first-order chi connectivity index (χ1) is 10.3. The number of nitrogens with zero attached hydrogens (tertiary/aromatic N) is 2. The lowest BCUT2D eigenvalue weighted by molar-refractivity contribution is 0.632. The largest absolute Gasteiger partial charge is 0.245 e. The van der Waals surface area contributed by atoms with Crippen LogP contribution in [-0.4, -0.2) is 4.98 Å². The molecule has 0 N–H and O–H groups in total. The Bertz CT molecular complexity index is 576. The van der Waals surface area contributed by atoms with Gasteiger partial charge in [-0.1, -0.05) is 56.9 Å². The van der Waals surface area contributed by atoms with Crippen molar-refractivity contribution in [3.05, 3.63) is 53.9 Å². The third-order valence-electron chi connectivity index (χ3n) is 3.73. The summed E-state index contributed by atoms with van der Waals surface area (Å²) in [6.45, 7) is 2.25. The van der Waals surface area contributed by atoms with Crippen LogP contribution in [0.1, 0.15) is 50.3 Å². The Balaban J connectivity index is 1.90. The van der Waals surface area contributed by atoms with Gasteiger partial charge >= 0.3 is 0 Å². The topological polar surface area (TPSA) is 36.7 Å². The first-order valence-corrected chi connectivity index (χ1v) is 7.79. The second kappa shape index (κ2) is 8.21. The van der Waals surface area contributed by atoms with Crippen molar-refractivity contribution >= 4 is 0 Å². The number of aromatic nitrogens is 1. The standard InChI is InChI=1S/C19H22N2/c1-2-3-4-5-6-7-16-8-10-17(11-9-16)18-12-13-19(14-20)21-15-18/h8-13,15H,2-7H2,1H3. The predicted octanol–water partition coefficient (Wildman–Crippen LogP) is 5.13. The number of aryl methyl sites for hydroxylation is 1. The summed E-state index contributed by atoms with van der Waals surface area (Å²) in [4.78, 5) is 4.11. The lowest BCUT2D eigenvalue weighted by atomic mass is 10.0. The molecule has 0 aliphatic rings. The maximum absolute atomic E-state index is 8.76. The molecule has 21 heavy (non-hydrogen) atoms. The predicted molar refractivity (Wildman–Crippen MR) is 86.9 cm³/mol. The fraction of sp³-hybridized carbons (Fsp3) is 0.368. The number of benzene rings is 1. The van der Waals surface area contributed by atoms with Crippen LogP contribution >= 0.6 is 0 Å². The lowest BCUT2D eigenvalue weighted by Gasteiger charge is -2.05. The molecule has 0 amide bonds. The first kappa shape index (κ1) is 15.3. The first-order valence-electron chi connectivity index (χ1n) is 7.79. The van der Waals surface area contributed by atoms with Crippen molar-refractivity contribution in [2.24, 2.45) is 0 Å². The average Bonchev–Trinajstić information content (AvgIpc) is 2.55. The van der Waals surface area contributed by atoms with Crippen LogP contribution in [0.2, 0.25) is 0 Å². The number of hydrogen-bond acceptors (Lipinski definition) is 2. The molecule has 2 nitrogen and oxygen atoms in total. The molecule has 0 fully saturated rings. The van der Waals surface area contributed by atoms with E-state index < -0.39 is 0 Å². The van der Waals surface area contributed by atoms with E-state index in [1.807, 2.05) is 12.1 Å². The highest BCUT2D eigenvalue weighted by Crippen LogP contribution is 2.20. The van der Waals surface area contributed by atoms with E-state index in [0.29, 0.717) is 5.69 Å². The van der Waals surface area contributed by atoms with Crippen LogP contribution in [-0.2, 0) is 6.42 Å². The zero-order chi connectivity index (χ0) is 14.9. The third-order valence-corrected chi connectivity index (χ3v) is 3.73. The fourth-order valence-corrected chi connectivity index (χ4v) is 2.43. The summed E-state index contributed by atoms with van der Waals surface area (Å²) in [6.07, 6.45) is 9.53. The van der Waals surface area contributed by atoms with E-state index >= 15 is 0 Å². The third kappa shape index (κ3) is 4.72. The van der Waals surface area contributed by atoms with Crippen molar-refractivity contribution in [2.45, 2.75) is 45.4 Å². The molecule has 0 unspecified atom stereocenters. The summed E-state index contributed by atoms with van der Waals surface area (Å²) >= 11 is 0. The monoisotopic (exact) mass is 278 g/mol. The molecule has 0 bridgehead atoms. The molecular formula is C19H22N2. The highest BCUT2D eigenvalue weighted by atomic mass is 14.7. The van der Waals surface area contributed by atoms with Crippen LogP contribution in [0.15, 0.2) is 42.6 Å². The number of rotatable bonds is 7. The van der Waals surface area contributed by atoms with Gasteiger partial charge in [-0.2, -0.15) is 5.26 Å². The Morgan fingerprint density at radius 3 is 2.24 bits per heavy atom. The normalized spacial score (nSPS) is 10.3. The zero-order valence-electron chi connectivity index (χ0n) is 12.7. The van der Waals surface area contributed by atoms with Crippen molar-refractivity contribution < 1.29 is 0 Å². The zero-order valence-corrected chi connectivity index (χ0v) is 12.7. The van der Waals surface area contributed by atoms with Crippen molar-refractivity contribution in [1.29, 1.82) is 5.26 Å². The quantitative estimate of drug-likeness (QED) is 0.658. The average molecular weight is 278 g/mol. The lowest BCUT2D eigenvalue weighted by Crippen LogP contribution is -1.88. The minimum Gasteiger partial charge on any atom is -0.245 e. The van der Waals surface area contributed by atoms with E-state index in [1.54, 1.807) is 12.3 Å². The van der Waals surface area contributed by atoms with Crippen LogP contribution in [0, 0.1) is 11.3 Å². The van der Waals surface area contributed by atoms with Gasteiger partial charge in [0, 0.05) is 11.8 Å². The van der Waals surface area contributed by atoms with Crippen LogP contribution in [0.3, 0.4) is 0 Å². The maximum Gasteiger partial charge on any atom is 0.140 e. The highest BCUT2D eigenvalue weighted by Gasteiger charge is 2.00. The Morgan fingerprint density at radius 2 is 1.62 bits per heavy atom. The molecule has 0 radical (unpaired) electrons. The van der Waals surface area contributed by atoms with E-state index in [1.165, 1.54) is 37.7 Å². The maximum atomic E-state index is 8.76. The summed E-state index contributed by atoms with van der Waals surface area (Å²) in [7, 11) is 0.